The van der Waals surface area contributed by atoms with Gasteiger partial charge in [-0.2, -0.15) is 10.2 Å². The molecule has 7 heteroatoms. The number of nitrogens with one attached hydrogen (secondary N) is 1. The fourth-order valence-electron chi connectivity index (χ4n) is 3.20. The van der Waals surface area contributed by atoms with E-state index in [1.807, 2.05) is 48.5 Å². The highest BCUT2D eigenvalue weighted by Crippen LogP contribution is 2.25. The van der Waals surface area contributed by atoms with Gasteiger partial charge < -0.3 is 15.1 Å². The molecule has 3 aromatic rings. The Hall–Kier alpha value is -3.92. The van der Waals surface area contributed by atoms with E-state index in [4.69, 9.17) is 15.2 Å². The number of carbonyl (C=O) groups excluding carboxylic acids is 1. The van der Waals surface area contributed by atoms with Gasteiger partial charge in [0.05, 0.1) is 17.3 Å². The van der Waals surface area contributed by atoms with Gasteiger partial charge in [0, 0.05) is 43.5 Å². The average Bonchev–Trinajstić information content (AvgIpc) is 2.80. The van der Waals surface area contributed by atoms with Gasteiger partial charge in [0.15, 0.2) is 0 Å². The average molecular weight is 384 g/mol. The highest BCUT2D eigenvalue weighted by molar-refractivity contribution is 5.68. The van der Waals surface area contributed by atoms with Gasteiger partial charge in [0.25, 0.3) is 0 Å². The molecule has 0 bridgehead atoms. The van der Waals surface area contributed by atoms with Crippen LogP contribution in [0.1, 0.15) is 5.56 Å². The summed E-state index contributed by atoms with van der Waals surface area (Å²) in [6.45, 7) is 2.68. The van der Waals surface area contributed by atoms with Crippen LogP contribution in [0.4, 0.5) is 17.5 Å². The Kier molecular flexibility index (Phi) is 5.34. The Balaban J connectivity index is 1.66. The molecule has 2 aromatic carbocycles. The van der Waals surface area contributed by atoms with Crippen LogP contribution in [0.15, 0.2) is 60.7 Å². The number of nitriles is 1. The maximum Gasteiger partial charge on any atom is 0.228 e. The zero-order valence-electron chi connectivity index (χ0n) is 15.8. The van der Waals surface area contributed by atoms with Crippen LogP contribution in [0.25, 0.3) is 11.3 Å². The summed E-state index contributed by atoms with van der Waals surface area (Å²) in [5.74, 6) is 1.31. The standard InChI is InChI=1S/C22H20N6O/c23-15-17-6-8-19(9-7-17)24-21-14-20(18-4-2-1-3-5-18)25-22(26-21)28-12-10-27(16-29)11-13-28/h1-9,14,16H,10-13H2,(H,24,25,26). The molecule has 1 saturated heterocycles. The first-order valence-corrected chi connectivity index (χ1v) is 9.41. The summed E-state index contributed by atoms with van der Waals surface area (Å²) in [7, 11) is 0. The second-order valence-electron chi connectivity index (χ2n) is 6.75. The molecule has 1 N–H and O–H groups in total. The quantitative estimate of drug-likeness (QED) is 0.681. The number of piperazine rings is 1. The van der Waals surface area contributed by atoms with Crippen LogP contribution in [-0.2, 0) is 4.79 Å². The lowest BCUT2D eigenvalue weighted by Gasteiger charge is -2.32. The zero-order chi connectivity index (χ0) is 20.1. The third kappa shape index (κ3) is 4.33. The minimum absolute atomic E-state index is 0.608. The lowest BCUT2D eigenvalue weighted by Crippen LogP contribution is -2.46. The molecular weight excluding hydrogens is 364 g/mol. The van der Waals surface area contributed by atoms with E-state index in [9.17, 15) is 4.79 Å². The van der Waals surface area contributed by atoms with Crippen LogP contribution in [-0.4, -0.2) is 47.5 Å². The van der Waals surface area contributed by atoms with E-state index in [0.717, 1.165) is 23.4 Å². The highest BCUT2D eigenvalue weighted by atomic mass is 16.1. The van der Waals surface area contributed by atoms with Crippen LogP contribution < -0.4 is 10.2 Å². The molecule has 2 heterocycles. The number of carbonyl (C=O) groups is 1. The Morgan fingerprint density at radius 3 is 2.34 bits per heavy atom. The maximum atomic E-state index is 11.0. The SMILES string of the molecule is N#Cc1ccc(Nc2cc(-c3ccccc3)nc(N3CCN(C=O)CC3)n2)cc1. The summed E-state index contributed by atoms with van der Waals surface area (Å²) in [5.41, 5.74) is 3.28. The van der Waals surface area contributed by atoms with Crippen molar-refractivity contribution in [2.75, 3.05) is 36.4 Å². The number of rotatable bonds is 5. The van der Waals surface area contributed by atoms with Crippen molar-refractivity contribution in [3.63, 3.8) is 0 Å². The summed E-state index contributed by atoms with van der Waals surface area (Å²) in [5, 5.41) is 12.3. The van der Waals surface area contributed by atoms with Gasteiger partial charge in [-0.15, -0.1) is 0 Å². The van der Waals surface area contributed by atoms with E-state index in [0.29, 0.717) is 43.5 Å². The summed E-state index contributed by atoms with van der Waals surface area (Å²) < 4.78 is 0. The number of anilines is 3. The zero-order valence-corrected chi connectivity index (χ0v) is 15.8. The Morgan fingerprint density at radius 2 is 1.69 bits per heavy atom. The van der Waals surface area contributed by atoms with Crippen molar-refractivity contribution in [1.29, 1.82) is 5.26 Å². The van der Waals surface area contributed by atoms with Crippen molar-refractivity contribution in [2.45, 2.75) is 0 Å². The number of hydrogen-bond acceptors (Lipinski definition) is 6. The smallest absolute Gasteiger partial charge is 0.228 e. The first-order valence-electron chi connectivity index (χ1n) is 9.41. The Morgan fingerprint density at radius 1 is 0.966 bits per heavy atom. The number of nitrogens with zero attached hydrogens (tertiary/aromatic N) is 5. The second-order valence-corrected chi connectivity index (χ2v) is 6.75. The van der Waals surface area contributed by atoms with Crippen molar-refractivity contribution < 1.29 is 4.79 Å². The molecule has 29 heavy (non-hydrogen) atoms. The predicted octanol–water partition coefficient (Wildman–Crippen LogP) is 3.04. The molecule has 0 spiro atoms. The van der Waals surface area contributed by atoms with Crippen LogP contribution in [0.5, 0.6) is 0 Å². The Bertz CT molecular complexity index is 1020. The molecule has 4 rings (SSSR count). The lowest BCUT2D eigenvalue weighted by atomic mass is 10.1. The normalized spacial score (nSPS) is 13.6. The molecule has 1 aromatic heterocycles. The van der Waals surface area contributed by atoms with Gasteiger partial charge in [0.1, 0.15) is 5.82 Å². The van der Waals surface area contributed by atoms with E-state index in [1.165, 1.54) is 0 Å². The van der Waals surface area contributed by atoms with Crippen molar-refractivity contribution in [1.82, 2.24) is 14.9 Å². The molecule has 0 atom stereocenters. The minimum Gasteiger partial charge on any atom is -0.342 e. The molecule has 0 saturated carbocycles. The monoisotopic (exact) mass is 384 g/mol. The second kappa shape index (κ2) is 8.40. The van der Waals surface area contributed by atoms with E-state index >= 15 is 0 Å². The first kappa shape index (κ1) is 18.4. The molecule has 1 aliphatic heterocycles. The minimum atomic E-state index is 0.608. The highest BCUT2D eigenvalue weighted by Gasteiger charge is 2.19. The molecular formula is C22H20N6O. The van der Waals surface area contributed by atoms with E-state index in [-0.39, 0.29) is 0 Å². The van der Waals surface area contributed by atoms with Gasteiger partial charge >= 0.3 is 0 Å². The van der Waals surface area contributed by atoms with Gasteiger partial charge in [-0.3, -0.25) is 4.79 Å². The van der Waals surface area contributed by atoms with Crippen molar-refractivity contribution >= 4 is 23.9 Å². The van der Waals surface area contributed by atoms with Gasteiger partial charge in [-0.25, -0.2) is 4.98 Å². The number of aromatic nitrogens is 2. The van der Waals surface area contributed by atoms with Crippen LogP contribution in [0.3, 0.4) is 0 Å². The Labute approximate surface area is 169 Å². The van der Waals surface area contributed by atoms with Crippen LogP contribution in [0.2, 0.25) is 0 Å². The van der Waals surface area contributed by atoms with Gasteiger partial charge in [-0.1, -0.05) is 30.3 Å². The summed E-state index contributed by atoms with van der Waals surface area (Å²) in [6.07, 6.45) is 0.885. The molecule has 1 amide bonds. The molecule has 7 nitrogen and oxygen atoms in total. The summed E-state index contributed by atoms with van der Waals surface area (Å²) in [6, 6.07) is 21.2. The summed E-state index contributed by atoms with van der Waals surface area (Å²) in [4.78, 5) is 24.3. The van der Waals surface area contributed by atoms with Crippen molar-refractivity contribution in [3.8, 4) is 17.3 Å². The molecule has 0 unspecified atom stereocenters. The molecule has 0 radical (unpaired) electrons. The fraction of sp³-hybridized carbons (Fsp3) is 0.182. The third-order valence-corrected chi connectivity index (χ3v) is 4.82. The number of benzene rings is 2. The van der Waals surface area contributed by atoms with Crippen molar-refractivity contribution in [3.05, 3.63) is 66.2 Å². The predicted molar refractivity (Wildman–Crippen MR) is 112 cm³/mol. The number of amides is 1. The summed E-state index contributed by atoms with van der Waals surface area (Å²) >= 11 is 0. The molecule has 1 aliphatic rings. The van der Waals surface area contributed by atoms with Crippen LogP contribution in [0, 0.1) is 11.3 Å². The first-order chi connectivity index (χ1) is 14.2. The molecule has 0 aliphatic carbocycles. The van der Waals surface area contributed by atoms with E-state index in [1.54, 1.807) is 17.0 Å². The third-order valence-electron chi connectivity index (χ3n) is 4.82. The maximum absolute atomic E-state index is 11.0. The van der Waals surface area contributed by atoms with E-state index < -0.39 is 0 Å². The number of hydrogen-bond donors (Lipinski definition) is 1. The lowest BCUT2D eigenvalue weighted by molar-refractivity contribution is -0.118. The van der Waals surface area contributed by atoms with Crippen molar-refractivity contribution in [2.24, 2.45) is 0 Å². The fourth-order valence-corrected chi connectivity index (χ4v) is 3.20. The van der Waals surface area contributed by atoms with E-state index in [2.05, 4.69) is 16.3 Å². The van der Waals surface area contributed by atoms with Gasteiger partial charge in [-0.05, 0) is 24.3 Å². The van der Waals surface area contributed by atoms with Gasteiger partial charge in [0.2, 0.25) is 12.4 Å². The topological polar surface area (TPSA) is 85.2 Å². The van der Waals surface area contributed by atoms with Crippen LogP contribution >= 0.6 is 0 Å². The molecule has 1 fully saturated rings. The largest absolute Gasteiger partial charge is 0.342 e. The molecule has 144 valence electrons.